The Morgan fingerprint density at radius 3 is 2.35 bits per heavy atom. The molecule has 110 valence electrons. The fourth-order valence-electron chi connectivity index (χ4n) is 1.57. The van der Waals surface area contributed by atoms with E-state index in [2.05, 4.69) is 5.32 Å². The minimum atomic E-state index is -0.684. The molecular formula is C15H21NO3S. The zero-order valence-corrected chi connectivity index (χ0v) is 13.1. The number of amides is 1. The van der Waals surface area contributed by atoms with Crippen molar-refractivity contribution in [1.29, 1.82) is 0 Å². The van der Waals surface area contributed by atoms with E-state index in [-0.39, 0.29) is 5.12 Å². The average Bonchev–Trinajstić information content (AvgIpc) is 2.35. The number of ether oxygens (including phenoxy) is 1. The third-order valence-corrected chi connectivity index (χ3v) is 3.13. The van der Waals surface area contributed by atoms with Crippen LogP contribution in [0.4, 0.5) is 4.79 Å². The molecule has 1 amide bonds. The monoisotopic (exact) mass is 295 g/mol. The number of hydrogen-bond donors (Lipinski definition) is 1. The van der Waals surface area contributed by atoms with Crippen LogP contribution < -0.4 is 5.32 Å². The van der Waals surface area contributed by atoms with E-state index in [4.69, 9.17) is 4.74 Å². The SMILES string of the molecule is CCSC(=O)C(NC(=O)OC(C)(C)C)c1ccccc1. The van der Waals surface area contributed by atoms with Crippen molar-refractivity contribution in [2.45, 2.75) is 39.3 Å². The van der Waals surface area contributed by atoms with Gasteiger partial charge in [-0.2, -0.15) is 0 Å². The van der Waals surface area contributed by atoms with Gasteiger partial charge in [0, 0.05) is 0 Å². The lowest BCUT2D eigenvalue weighted by Crippen LogP contribution is -2.37. The molecule has 1 aromatic carbocycles. The largest absolute Gasteiger partial charge is 0.444 e. The predicted octanol–water partition coefficient (Wildman–Crippen LogP) is 3.53. The van der Waals surface area contributed by atoms with Crippen LogP contribution in [0.2, 0.25) is 0 Å². The summed E-state index contributed by atoms with van der Waals surface area (Å²) in [4.78, 5) is 24.0. The maximum atomic E-state index is 12.1. The van der Waals surface area contributed by atoms with E-state index in [1.165, 1.54) is 11.8 Å². The summed E-state index contributed by atoms with van der Waals surface area (Å²) in [7, 11) is 0. The maximum absolute atomic E-state index is 12.1. The Labute approximate surface area is 124 Å². The van der Waals surface area contributed by atoms with Crippen LogP contribution in [0.25, 0.3) is 0 Å². The molecule has 0 saturated carbocycles. The van der Waals surface area contributed by atoms with Crippen LogP contribution in [0.1, 0.15) is 39.3 Å². The molecule has 0 aliphatic rings. The molecule has 1 aromatic rings. The molecule has 0 aromatic heterocycles. The highest BCUT2D eigenvalue weighted by Gasteiger charge is 2.25. The van der Waals surface area contributed by atoms with E-state index >= 15 is 0 Å². The molecule has 0 bridgehead atoms. The molecule has 0 aliphatic heterocycles. The summed E-state index contributed by atoms with van der Waals surface area (Å²) < 4.78 is 5.21. The first-order valence-corrected chi connectivity index (χ1v) is 7.53. The zero-order chi connectivity index (χ0) is 15.2. The third-order valence-electron chi connectivity index (χ3n) is 2.32. The van der Waals surface area contributed by atoms with E-state index in [1.807, 2.05) is 37.3 Å². The number of hydrogen-bond acceptors (Lipinski definition) is 4. The van der Waals surface area contributed by atoms with Gasteiger partial charge in [0.05, 0.1) is 0 Å². The summed E-state index contributed by atoms with van der Waals surface area (Å²) in [6.07, 6.45) is -0.587. The van der Waals surface area contributed by atoms with Gasteiger partial charge in [-0.15, -0.1) is 0 Å². The maximum Gasteiger partial charge on any atom is 0.408 e. The molecule has 0 fully saturated rings. The first-order valence-electron chi connectivity index (χ1n) is 6.54. The van der Waals surface area contributed by atoms with Crippen LogP contribution in [0, 0.1) is 0 Å². The molecule has 1 unspecified atom stereocenters. The van der Waals surface area contributed by atoms with Gasteiger partial charge in [-0.25, -0.2) is 4.79 Å². The van der Waals surface area contributed by atoms with Crippen molar-refractivity contribution in [3.8, 4) is 0 Å². The van der Waals surface area contributed by atoms with Crippen molar-refractivity contribution in [1.82, 2.24) is 5.32 Å². The van der Waals surface area contributed by atoms with Gasteiger partial charge in [0.1, 0.15) is 11.6 Å². The van der Waals surface area contributed by atoms with Gasteiger partial charge in [-0.1, -0.05) is 49.0 Å². The van der Waals surface area contributed by atoms with Crippen LogP contribution >= 0.6 is 11.8 Å². The standard InChI is InChI=1S/C15H21NO3S/c1-5-20-13(17)12(11-9-7-6-8-10-11)16-14(18)19-15(2,3)4/h6-10,12H,5H2,1-4H3,(H,16,18). The van der Waals surface area contributed by atoms with Gasteiger partial charge >= 0.3 is 6.09 Å². The normalized spacial score (nSPS) is 12.6. The Hall–Kier alpha value is -1.49. The van der Waals surface area contributed by atoms with Crippen LogP contribution in [0.5, 0.6) is 0 Å². The number of carbonyl (C=O) groups excluding carboxylic acids is 2. The Bertz CT molecular complexity index is 454. The molecule has 20 heavy (non-hydrogen) atoms. The number of alkyl carbamates (subject to hydrolysis) is 1. The fraction of sp³-hybridized carbons (Fsp3) is 0.467. The molecule has 0 aliphatic carbocycles. The summed E-state index contributed by atoms with van der Waals surface area (Å²) in [5.41, 5.74) is 0.163. The van der Waals surface area contributed by atoms with Crippen molar-refractivity contribution >= 4 is 23.0 Å². The average molecular weight is 295 g/mol. The van der Waals surface area contributed by atoms with Crippen molar-refractivity contribution in [2.75, 3.05) is 5.75 Å². The lowest BCUT2D eigenvalue weighted by molar-refractivity contribution is -0.113. The second-order valence-electron chi connectivity index (χ2n) is 5.24. The molecule has 0 heterocycles. The lowest BCUT2D eigenvalue weighted by Gasteiger charge is -2.23. The van der Waals surface area contributed by atoms with Gasteiger partial charge in [-0.3, -0.25) is 4.79 Å². The van der Waals surface area contributed by atoms with Crippen molar-refractivity contribution < 1.29 is 14.3 Å². The molecule has 4 nitrogen and oxygen atoms in total. The lowest BCUT2D eigenvalue weighted by atomic mass is 10.1. The molecule has 5 heteroatoms. The zero-order valence-electron chi connectivity index (χ0n) is 12.3. The van der Waals surface area contributed by atoms with Crippen LogP contribution in [0.15, 0.2) is 30.3 Å². The summed E-state index contributed by atoms with van der Waals surface area (Å²) in [6.45, 7) is 7.25. The number of rotatable bonds is 4. The summed E-state index contributed by atoms with van der Waals surface area (Å²) in [6, 6.07) is 8.49. The second kappa shape index (κ2) is 7.33. The number of benzene rings is 1. The van der Waals surface area contributed by atoms with E-state index in [9.17, 15) is 9.59 Å². The molecular weight excluding hydrogens is 274 g/mol. The van der Waals surface area contributed by atoms with E-state index in [0.29, 0.717) is 5.75 Å². The smallest absolute Gasteiger partial charge is 0.408 e. The molecule has 1 rings (SSSR count). The van der Waals surface area contributed by atoms with Gasteiger partial charge in [0.15, 0.2) is 0 Å². The highest BCUT2D eigenvalue weighted by molar-refractivity contribution is 8.13. The topological polar surface area (TPSA) is 55.4 Å². The second-order valence-corrected chi connectivity index (χ2v) is 6.51. The molecule has 0 saturated heterocycles. The Morgan fingerprint density at radius 1 is 1.25 bits per heavy atom. The van der Waals surface area contributed by atoms with Gasteiger partial charge < -0.3 is 10.1 Å². The summed E-state index contributed by atoms with van der Waals surface area (Å²) in [5.74, 6) is 0.665. The molecule has 0 radical (unpaired) electrons. The van der Waals surface area contributed by atoms with E-state index in [1.54, 1.807) is 20.8 Å². The number of thioether (sulfide) groups is 1. The first kappa shape index (κ1) is 16.6. The first-order chi connectivity index (χ1) is 9.33. The quantitative estimate of drug-likeness (QED) is 0.923. The van der Waals surface area contributed by atoms with Crippen LogP contribution in [-0.2, 0) is 9.53 Å². The van der Waals surface area contributed by atoms with E-state index < -0.39 is 17.7 Å². The molecule has 0 spiro atoms. The highest BCUT2D eigenvalue weighted by Crippen LogP contribution is 2.21. The highest BCUT2D eigenvalue weighted by atomic mass is 32.2. The van der Waals surface area contributed by atoms with Gasteiger partial charge in [0.25, 0.3) is 0 Å². The molecule has 1 atom stereocenters. The minimum Gasteiger partial charge on any atom is -0.444 e. The Balaban J connectivity index is 2.84. The van der Waals surface area contributed by atoms with Crippen molar-refractivity contribution in [2.24, 2.45) is 0 Å². The number of carbonyl (C=O) groups is 2. The van der Waals surface area contributed by atoms with Crippen LogP contribution in [0.3, 0.4) is 0 Å². The predicted molar refractivity (Wildman–Crippen MR) is 81.7 cm³/mol. The Kier molecular flexibility index (Phi) is 6.07. The summed E-state index contributed by atoms with van der Waals surface area (Å²) >= 11 is 1.18. The minimum absolute atomic E-state index is 0.0930. The van der Waals surface area contributed by atoms with Crippen molar-refractivity contribution in [3.63, 3.8) is 0 Å². The van der Waals surface area contributed by atoms with Crippen LogP contribution in [-0.4, -0.2) is 22.6 Å². The van der Waals surface area contributed by atoms with E-state index in [0.717, 1.165) is 5.56 Å². The summed E-state index contributed by atoms with van der Waals surface area (Å²) in [5, 5.41) is 2.55. The fourth-order valence-corrected chi connectivity index (χ4v) is 2.22. The van der Waals surface area contributed by atoms with Gasteiger partial charge in [-0.05, 0) is 32.1 Å². The molecule has 1 N–H and O–H groups in total. The third kappa shape index (κ3) is 5.65. The van der Waals surface area contributed by atoms with Crippen molar-refractivity contribution in [3.05, 3.63) is 35.9 Å². The Morgan fingerprint density at radius 2 is 1.85 bits per heavy atom. The van der Waals surface area contributed by atoms with Gasteiger partial charge in [0.2, 0.25) is 5.12 Å². The number of nitrogens with one attached hydrogen (secondary N) is 1.